The van der Waals surface area contributed by atoms with Gasteiger partial charge in [0.1, 0.15) is 23.1 Å². The fraction of sp³-hybridized carbons (Fsp3) is 0.158. The Morgan fingerprint density at radius 1 is 1.28 bits per heavy atom. The molecule has 128 valence electrons. The van der Waals surface area contributed by atoms with Crippen LogP contribution in [0.25, 0.3) is 0 Å². The Hall–Kier alpha value is -3.46. The zero-order chi connectivity index (χ0) is 18.2. The zero-order valence-electron chi connectivity index (χ0n) is 14.0. The number of hydrogen-bond acceptors (Lipinski definition) is 5. The van der Waals surface area contributed by atoms with Gasteiger partial charge in [-0.25, -0.2) is 0 Å². The summed E-state index contributed by atoms with van der Waals surface area (Å²) < 4.78 is 5.11. The minimum absolute atomic E-state index is 0.0338. The monoisotopic (exact) mass is 337 g/mol. The molecule has 1 amide bonds. The number of nitrogens with one attached hydrogen (secondary N) is 2. The molecule has 0 spiro atoms. The van der Waals surface area contributed by atoms with Crippen molar-refractivity contribution in [1.82, 2.24) is 5.32 Å². The third-order valence-electron chi connectivity index (χ3n) is 3.56. The predicted molar refractivity (Wildman–Crippen MR) is 95.0 cm³/mol. The molecular weight excluding hydrogens is 318 g/mol. The number of phenolic OH excluding ortho intramolecular Hbond substituents is 1. The number of nitrogens with zero attached hydrogens (tertiary/aromatic N) is 1. The Morgan fingerprint density at radius 2 is 2.00 bits per heavy atom. The van der Waals surface area contributed by atoms with Crippen molar-refractivity contribution in [3.05, 3.63) is 65.9 Å². The van der Waals surface area contributed by atoms with Gasteiger partial charge in [-0.3, -0.25) is 4.79 Å². The van der Waals surface area contributed by atoms with E-state index in [0.29, 0.717) is 5.69 Å². The van der Waals surface area contributed by atoms with Gasteiger partial charge >= 0.3 is 0 Å². The highest BCUT2D eigenvalue weighted by atomic mass is 16.5. The maximum absolute atomic E-state index is 12.1. The van der Waals surface area contributed by atoms with Crippen molar-refractivity contribution >= 4 is 11.6 Å². The minimum Gasteiger partial charge on any atom is -0.508 e. The molecule has 0 fully saturated rings. The van der Waals surface area contributed by atoms with Gasteiger partial charge in [0, 0.05) is 24.0 Å². The summed E-state index contributed by atoms with van der Waals surface area (Å²) in [6.45, 7) is 1.92. The highest BCUT2D eigenvalue weighted by Crippen LogP contribution is 2.18. The summed E-state index contributed by atoms with van der Waals surface area (Å²) in [6.07, 6.45) is 1.38. The molecule has 0 radical (unpaired) electrons. The molecule has 2 aromatic rings. The summed E-state index contributed by atoms with van der Waals surface area (Å²) in [5.74, 6) is 0.240. The molecular formula is C19H19N3O3. The molecule has 0 aliphatic carbocycles. The van der Waals surface area contributed by atoms with E-state index >= 15 is 0 Å². The topological polar surface area (TPSA) is 94.4 Å². The first-order chi connectivity index (χ1) is 12.0. The van der Waals surface area contributed by atoms with E-state index in [1.165, 1.54) is 18.3 Å². The number of phenols is 1. The molecule has 2 aromatic carbocycles. The Morgan fingerprint density at radius 3 is 2.60 bits per heavy atom. The molecule has 2 rings (SSSR count). The lowest BCUT2D eigenvalue weighted by Gasteiger charge is -2.13. The zero-order valence-corrected chi connectivity index (χ0v) is 14.0. The number of rotatable bonds is 6. The first-order valence-corrected chi connectivity index (χ1v) is 7.64. The fourth-order valence-electron chi connectivity index (χ4n) is 2.13. The van der Waals surface area contributed by atoms with Crippen molar-refractivity contribution in [2.45, 2.75) is 13.0 Å². The maximum Gasteiger partial charge on any atom is 0.267 e. The quantitative estimate of drug-likeness (QED) is 0.556. The van der Waals surface area contributed by atoms with Crippen molar-refractivity contribution in [2.75, 3.05) is 12.4 Å². The molecule has 3 N–H and O–H groups in total. The van der Waals surface area contributed by atoms with Crippen LogP contribution in [0.5, 0.6) is 11.5 Å². The van der Waals surface area contributed by atoms with Gasteiger partial charge in [0.15, 0.2) is 0 Å². The van der Waals surface area contributed by atoms with Gasteiger partial charge in [0.2, 0.25) is 0 Å². The van der Waals surface area contributed by atoms with Crippen LogP contribution in [-0.2, 0) is 4.79 Å². The smallest absolute Gasteiger partial charge is 0.267 e. The highest BCUT2D eigenvalue weighted by Gasteiger charge is 2.11. The van der Waals surface area contributed by atoms with Gasteiger partial charge in [0.25, 0.3) is 5.91 Å². The maximum atomic E-state index is 12.1. The number of amides is 1. The van der Waals surface area contributed by atoms with Crippen molar-refractivity contribution in [1.29, 1.82) is 5.26 Å². The number of benzene rings is 2. The van der Waals surface area contributed by atoms with E-state index in [4.69, 9.17) is 4.74 Å². The number of anilines is 1. The van der Waals surface area contributed by atoms with Crippen LogP contribution in [0.2, 0.25) is 0 Å². The minimum atomic E-state index is -0.553. The Bertz CT molecular complexity index is 807. The standard InChI is InChI=1S/C19H19N3O3/c1-13(14-6-8-18(25-2)9-7-14)21-12-15(11-20)19(24)22-16-4-3-5-17(23)10-16/h3-10,12-13,21,23H,1-2H3,(H,22,24)/b15-12-. The van der Waals surface area contributed by atoms with Gasteiger partial charge in [0.05, 0.1) is 7.11 Å². The fourth-order valence-corrected chi connectivity index (χ4v) is 2.13. The number of hydrogen-bond donors (Lipinski definition) is 3. The summed E-state index contributed by atoms with van der Waals surface area (Å²) in [4.78, 5) is 12.1. The lowest BCUT2D eigenvalue weighted by atomic mass is 10.1. The predicted octanol–water partition coefficient (Wildman–Crippen LogP) is 3.10. The van der Waals surface area contributed by atoms with Crippen LogP contribution in [-0.4, -0.2) is 18.1 Å². The number of methoxy groups -OCH3 is 1. The third kappa shape index (κ3) is 5.01. The number of carbonyl (C=O) groups is 1. The van der Waals surface area contributed by atoms with Crippen molar-refractivity contribution < 1.29 is 14.6 Å². The molecule has 6 nitrogen and oxygen atoms in total. The van der Waals surface area contributed by atoms with Crippen LogP contribution in [0.1, 0.15) is 18.5 Å². The Balaban J connectivity index is 2.03. The molecule has 0 bridgehead atoms. The number of nitriles is 1. The van der Waals surface area contributed by atoms with Crippen molar-refractivity contribution in [2.24, 2.45) is 0 Å². The average molecular weight is 337 g/mol. The van der Waals surface area contributed by atoms with Gasteiger partial charge in [-0.1, -0.05) is 18.2 Å². The van der Waals surface area contributed by atoms with E-state index in [0.717, 1.165) is 11.3 Å². The van der Waals surface area contributed by atoms with E-state index in [1.807, 2.05) is 37.3 Å². The second-order valence-electron chi connectivity index (χ2n) is 5.34. The average Bonchev–Trinajstić information content (AvgIpc) is 2.62. The first kappa shape index (κ1) is 17.9. The molecule has 0 aromatic heterocycles. The van der Waals surface area contributed by atoms with Crippen molar-refractivity contribution in [3.63, 3.8) is 0 Å². The lowest BCUT2D eigenvalue weighted by molar-refractivity contribution is -0.112. The molecule has 1 unspecified atom stereocenters. The van der Waals surface area contributed by atoms with E-state index in [9.17, 15) is 15.2 Å². The van der Waals surface area contributed by atoms with Crippen LogP contribution in [0.3, 0.4) is 0 Å². The summed E-state index contributed by atoms with van der Waals surface area (Å²) in [7, 11) is 1.60. The molecule has 1 atom stereocenters. The largest absolute Gasteiger partial charge is 0.508 e. The second-order valence-corrected chi connectivity index (χ2v) is 5.34. The normalized spacial score (nSPS) is 12.0. The van der Waals surface area contributed by atoms with Crippen LogP contribution in [0.15, 0.2) is 60.3 Å². The number of ether oxygens (including phenoxy) is 1. The van der Waals surface area contributed by atoms with Crippen molar-refractivity contribution in [3.8, 4) is 17.6 Å². The second kappa shape index (κ2) is 8.41. The van der Waals surface area contributed by atoms with E-state index < -0.39 is 5.91 Å². The number of aromatic hydroxyl groups is 1. The molecule has 6 heteroatoms. The number of carbonyl (C=O) groups excluding carboxylic acids is 1. The van der Waals surface area contributed by atoms with E-state index in [-0.39, 0.29) is 17.4 Å². The molecule has 25 heavy (non-hydrogen) atoms. The van der Waals surface area contributed by atoms with Crippen LogP contribution in [0.4, 0.5) is 5.69 Å². The lowest BCUT2D eigenvalue weighted by Crippen LogP contribution is -2.18. The van der Waals surface area contributed by atoms with Gasteiger partial charge in [-0.05, 0) is 36.8 Å². The molecule has 0 aliphatic rings. The molecule has 0 saturated heterocycles. The van der Waals surface area contributed by atoms with Gasteiger partial charge in [-0.2, -0.15) is 5.26 Å². The summed E-state index contributed by atoms with van der Waals surface area (Å²) in [6, 6.07) is 15.4. The van der Waals surface area contributed by atoms with E-state index in [1.54, 1.807) is 19.2 Å². The molecule has 0 heterocycles. The van der Waals surface area contributed by atoms with Crippen LogP contribution in [0, 0.1) is 11.3 Å². The highest BCUT2D eigenvalue weighted by molar-refractivity contribution is 6.06. The van der Waals surface area contributed by atoms with Crippen LogP contribution < -0.4 is 15.4 Å². The first-order valence-electron chi connectivity index (χ1n) is 7.64. The van der Waals surface area contributed by atoms with Gasteiger partial charge in [-0.15, -0.1) is 0 Å². The van der Waals surface area contributed by atoms with Gasteiger partial charge < -0.3 is 20.5 Å². The van der Waals surface area contributed by atoms with Crippen LogP contribution >= 0.6 is 0 Å². The Labute approximate surface area is 146 Å². The Kier molecular flexibility index (Phi) is 6.02. The summed E-state index contributed by atoms with van der Waals surface area (Å²) >= 11 is 0. The summed E-state index contributed by atoms with van der Waals surface area (Å²) in [5.41, 5.74) is 1.33. The third-order valence-corrected chi connectivity index (χ3v) is 3.56. The molecule has 0 saturated carbocycles. The molecule has 0 aliphatic heterocycles. The van der Waals surface area contributed by atoms with E-state index in [2.05, 4.69) is 10.6 Å². The SMILES string of the molecule is COc1ccc(C(C)N/C=C(/C#N)C(=O)Nc2cccc(O)c2)cc1. The summed E-state index contributed by atoms with van der Waals surface area (Å²) in [5, 5.41) is 24.2.